The van der Waals surface area contributed by atoms with Crippen LogP contribution in [0.5, 0.6) is 0 Å². The van der Waals surface area contributed by atoms with Crippen molar-refractivity contribution in [3.63, 3.8) is 0 Å². The Morgan fingerprint density at radius 2 is 1.38 bits per heavy atom. The maximum absolute atomic E-state index is 2.89. The molecule has 0 heterocycles. The van der Waals surface area contributed by atoms with E-state index in [1.807, 2.05) is 30.3 Å². The molecule has 0 aliphatic rings. The maximum atomic E-state index is 2.89. The Labute approximate surface area is 93.7 Å². The van der Waals surface area contributed by atoms with Crippen molar-refractivity contribution in [2.75, 3.05) is 0 Å². The van der Waals surface area contributed by atoms with E-state index in [2.05, 4.69) is 6.07 Å². The minimum atomic E-state index is 0. The van der Waals surface area contributed by atoms with E-state index < -0.39 is 0 Å². The van der Waals surface area contributed by atoms with Gasteiger partial charge in [-0.15, -0.1) is 0 Å². The van der Waals surface area contributed by atoms with Gasteiger partial charge in [0.25, 0.3) is 0 Å². The van der Waals surface area contributed by atoms with Crippen LogP contribution >= 0.6 is 0 Å². The second-order valence-corrected chi connectivity index (χ2v) is 1.08. The van der Waals surface area contributed by atoms with Crippen LogP contribution in [-0.2, 0) is 0 Å². The van der Waals surface area contributed by atoms with Gasteiger partial charge in [0.05, 0.1) is 0 Å². The molecule has 1 aromatic rings. The van der Waals surface area contributed by atoms with Crippen LogP contribution in [0.15, 0.2) is 30.3 Å². The molecule has 0 amide bonds. The SMILES string of the molecule is [CH3-].[K+].[c-]1ccccc1. The van der Waals surface area contributed by atoms with Crippen molar-refractivity contribution in [1.29, 1.82) is 0 Å². The largest absolute Gasteiger partial charge is 1.00 e. The molecule has 8 heavy (non-hydrogen) atoms. The summed E-state index contributed by atoms with van der Waals surface area (Å²) in [6, 6.07) is 12.5. The third-order valence-electron chi connectivity index (χ3n) is 0.607. The predicted octanol–water partition coefficient (Wildman–Crippen LogP) is -1.06. The van der Waals surface area contributed by atoms with Crippen LogP contribution in [0.1, 0.15) is 0 Å². The number of hydrogen-bond acceptors (Lipinski definition) is 0. The van der Waals surface area contributed by atoms with Crippen molar-refractivity contribution >= 4 is 0 Å². The Kier molecular flexibility index (Phi) is 11.4. The van der Waals surface area contributed by atoms with E-state index >= 15 is 0 Å². The van der Waals surface area contributed by atoms with Crippen molar-refractivity contribution in [3.8, 4) is 0 Å². The van der Waals surface area contributed by atoms with Gasteiger partial charge in [-0.3, -0.25) is 0 Å². The minimum absolute atomic E-state index is 0. The van der Waals surface area contributed by atoms with Gasteiger partial charge in [-0.25, -0.2) is 0 Å². The van der Waals surface area contributed by atoms with Gasteiger partial charge in [-0.2, -0.15) is 36.4 Å². The summed E-state index contributed by atoms with van der Waals surface area (Å²) >= 11 is 0. The maximum Gasteiger partial charge on any atom is 1.00 e. The average Bonchev–Trinajstić information content (AvgIpc) is 1.72. The van der Waals surface area contributed by atoms with E-state index in [1.165, 1.54) is 0 Å². The summed E-state index contributed by atoms with van der Waals surface area (Å²) in [5.74, 6) is 0. The van der Waals surface area contributed by atoms with Gasteiger partial charge in [0.15, 0.2) is 0 Å². The summed E-state index contributed by atoms with van der Waals surface area (Å²) in [5.41, 5.74) is 0. The summed E-state index contributed by atoms with van der Waals surface area (Å²) in [4.78, 5) is 0. The first-order valence-corrected chi connectivity index (χ1v) is 1.91. The first kappa shape index (κ1) is 11.6. The van der Waals surface area contributed by atoms with Crippen LogP contribution < -0.4 is 51.4 Å². The van der Waals surface area contributed by atoms with Crippen molar-refractivity contribution in [1.82, 2.24) is 0 Å². The van der Waals surface area contributed by atoms with Crippen LogP contribution in [0.2, 0.25) is 0 Å². The Hall–Kier alpha value is 0.856. The van der Waals surface area contributed by atoms with E-state index in [9.17, 15) is 0 Å². The molecule has 0 unspecified atom stereocenters. The number of rotatable bonds is 0. The predicted molar refractivity (Wildman–Crippen MR) is 31.7 cm³/mol. The molecule has 0 fully saturated rings. The van der Waals surface area contributed by atoms with Gasteiger partial charge in [0.2, 0.25) is 0 Å². The molecule has 0 aliphatic carbocycles. The van der Waals surface area contributed by atoms with Crippen molar-refractivity contribution in [3.05, 3.63) is 43.8 Å². The average molecular weight is 131 g/mol. The fourth-order valence-electron chi connectivity index (χ4n) is 0.342. The van der Waals surface area contributed by atoms with Gasteiger partial charge in [-0.1, -0.05) is 0 Å². The van der Waals surface area contributed by atoms with Gasteiger partial charge < -0.3 is 7.43 Å². The fourth-order valence-corrected chi connectivity index (χ4v) is 0.342. The van der Waals surface area contributed by atoms with E-state index in [4.69, 9.17) is 0 Å². The molecule has 1 heteroatoms. The van der Waals surface area contributed by atoms with Gasteiger partial charge in [-0.05, 0) is 0 Å². The summed E-state index contributed by atoms with van der Waals surface area (Å²) < 4.78 is 0. The van der Waals surface area contributed by atoms with E-state index in [0.717, 1.165) is 0 Å². The summed E-state index contributed by atoms with van der Waals surface area (Å²) in [7, 11) is 0. The molecule has 0 bridgehead atoms. The van der Waals surface area contributed by atoms with Gasteiger partial charge >= 0.3 is 51.4 Å². The number of benzene rings is 1. The van der Waals surface area contributed by atoms with Crippen LogP contribution in [0, 0.1) is 13.5 Å². The number of hydrogen-bond donors (Lipinski definition) is 0. The second-order valence-electron chi connectivity index (χ2n) is 1.08. The third kappa shape index (κ3) is 5.00. The van der Waals surface area contributed by atoms with E-state index in [0.29, 0.717) is 0 Å². The Bertz CT molecular complexity index is 76.3. The summed E-state index contributed by atoms with van der Waals surface area (Å²) in [6.07, 6.45) is 0. The molecule has 0 radical (unpaired) electrons. The first-order valence-electron chi connectivity index (χ1n) is 1.91. The van der Waals surface area contributed by atoms with Gasteiger partial charge in [0.1, 0.15) is 0 Å². The molecule has 0 N–H and O–H groups in total. The molecular formula is C7H8K-. The van der Waals surface area contributed by atoms with E-state index in [1.54, 1.807) is 0 Å². The normalized spacial score (nSPS) is 6.00. The molecular weight excluding hydrogens is 123 g/mol. The molecule has 1 rings (SSSR count). The Morgan fingerprint density at radius 1 is 0.875 bits per heavy atom. The molecule has 0 aliphatic heterocycles. The zero-order valence-electron chi connectivity index (χ0n) is 5.39. The molecule has 0 aromatic heterocycles. The van der Waals surface area contributed by atoms with Crippen molar-refractivity contribution < 1.29 is 51.4 Å². The smallest absolute Gasteiger partial charge is 0.358 e. The van der Waals surface area contributed by atoms with Crippen LogP contribution in [0.4, 0.5) is 0 Å². The Balaban J connectivity index is 0. The van der Waals surface area contributed by atoms with Crippen molar-refractivity contribution in [2.24, 2.45) is 0 Å². The molecule has 1 aromatic carbocycles. The quantitative estimate of drug-likeness (QED) is 0.311. The topological polar surface area (TPSA) is 0 Å². The molecule has 0 saturated carbocycles. The van der Waals surface area contributed by atoms with E-state index in [-0.39, 0.29) is 58.8 Å². The monoisotopic (exact) mass is 131 g/mol. The van der Waals surface area contributed by atoms with Gasteiger partial charge in [0, 0.05) is 0 Å². The van der Waals surface area contributed by atoms with Crippen LogP contribution in [0.3, 0.4) is 0 Å². The summed E-state index contributed by atoms with van der Waals surface area (Å²) in [6.45, 7) is 0. The molecule has 0 nitrogen and oxygen atoms in total. The zero-order valence-corrected chi connectivity index (χ0v) is 8.51. The Morgan fingerprint density at radius 3 is 1.50 bits per heavy atom. The molecule has 38 valence electrons. The van der Waals surface area contributed by atoms with Crippen molar-refractivity contribution in [2.45, 2.75) is 0 Å². The first-order chi connectivity index (χ1) is 3.00. The second kappa shape index (κ2) is 7.86. The minimum Gasteiger partial charge on any atom is -0.358 e. The third-order valence-corrected chi connectivity index (χ3v) is 0.607. The zero-order chi connectivity index (χ0) is 4.24. The van der Waals surface area contributed by atoms with Crippen LogP contribution in [0.25, 0.3) is 0 Å². The molecule has 0 atom stereocenters. The summed E-state index contributed by atoms with van der Waals surface area (Å²) in [5, 5.41) is 0. The molecule has 0 saturated heterocycles. The standard InChI is InChI=1S/C6H5.CH3.K/c1-2-4-6-5-3-1;;/h1-5H;1H3;/q2*-1;+1. The van der Waals surface area contributed by atoms with Crippen LogP contribution in [-0.4, -0.2) is 0 Å². The fraction of sp³-hybridized carbons (Fsp3) is 0. The molecule has 0 spiro atoms.